The molecule has 0 spiro atoms. The molecule has 5 nitrogen and oxygen atoms in total. The second kappa shape index (κ2) is 6.14. The van der Waals surface area contributed by atoms with Crippen LogP contribution in [0.3, 0.4) is 0 Å². The number of nitrogens with two attached hydrogens (primary N) is 1. The Bertz CT molecular complexity index is 550. The van der Waals surface area contributed by atoms with Crippen molar-refractivity contribution in [2.24, 2.45) is 5.92 Å². The minimum Gasteiger partial charge on any atom is -0.398 e. The summed E-state index contributed by atoms with van der Waals surface area (Å²) < 4.78 is 2.72. The third kappa shape index (κ3) is 3.53. The highest BCUT2D eigenvalue weighted by atomic mass is 79.9. The van der Waals surface area contributed by atoms with Gasteiger partial charge in [0.1, 0.15) is 0 Å². The van der Waals surface area contributed by atoms with E-state index in [0.717, 1.165) is 28.8 Å². The van der Waals surface area contributed by atoms with Crippen molar-refractivity contribution in [2.45, 2.75) is 33.2 Å². The van der Waals surface area contributed by atoms with Crippen molar-refractivity contribution >= 4 is 21.6 Å². The second-order valence-corrected chi connectivity index (χ2v) is 5.85. The Morgan fingerprint density at radius 3 is 2.84 bits per heavy atom. The predicted molar refractivity (Wildman–Crippen MR) is 79.4 cm³/mol. The first-order chi connectivity index (χ1) is 9.08. The molecule has 0 unspecified atom stereocenters. The first kappa shape index (κ1) is 14.0. The number of aromatic nitrogens is 4. The number of aryl methyl sites for hydroxylation is 1. The number of nitrogens with zero attached hydrogens (tertiary/aromatic N) is 4. The van der Waals surface area contributed by atoms with Crippen LogP contribution in [0, 0.1) is 5.92 Å². The minimum atomic E-state index is 0.689. The zero-order valence-electron chi connectivity index (χ0n) is 11.2. The molecule has 1 aromatic heterocycles. The van der Waals surface area contributed by atoms with Gasteiger partial charge >= 0.3 is 0 Å². The summed E-state index contributed by atoms with van der Waals surface area (Å²) in [5.41, 5.74) is 7.52. The number of tetrazole rings is 1. The zero-order valence-corrected chi connectivity index (χ0v) is 12.8. The van der Waals surface area contributed by atoms with Crippen LogP contribution < -0.4 is 5.73 Å². The van der Waals surface area contributed by atoms with Crippen molar-refractivity contribution < 1.29 is 0 Å². The fraction of sp³-hybridized carbons (Fsp3) is 0.462. The zero-order chi connectivity index (χ0) is 13.8. The maximum Gasteiger partial charge on any atom is 0.182 e. The highest BCUT2D eigenvalue weighted by molar-refractivity contribution is 9.10. The third-order valence-corrected chi connectivity index (χ3v) is 3.66. The Labute approximate surface area is 121 Å². The van der Waals surface area contributed by atoms with Crippen molar-refractivity contribution in [1.82, 2.24) is 20.2 Å². The van der Waals surface area contributed by atoms with Crippen LogP contribution in [0.4, 0.5) is 5.69 Å². The smallest absolute Gasteiger partial charge is 0.182 e. The van der Waals surface area contributed by atoms with E-state index >= 15 is 0 Å². The molecule has 0 bridgehead atoms. The number of rotatable bonds is 5. The lowest BCUT2D eigenvalue weighted by atomic mass is 10.1. The van der Waals surface area contributed by atoms with Crippen molar-refractivity contribution in [1.29, 1.82) is 0 Å². The van der Waals surface area contributed by atoms with Crippen LogP contribution in [-0.2, 0) is 6.54 Å². The van der Waals surface area contributed by atoms with Gasteiger partial charge in [-0.15, -0.1) is 5.10 Å². The molecular formula is C13H18BrN5. The molecule has 0 radical (unpaired) electrons. The third-order valence-electron chi connectivity index (χ3n) is 2.94. The molecule has 0 saturated carbocycles. The Morgan fingerprint density at radius 1 is 1.37 bits per heavy atom. The largest absolute Gasteiger partial charge is 0.398 e. The van der Waals surface area contributed by atoms with E-state index in [1.807, 2.05) is 22.9 Å². The van der Waals surface area contributed by atoms with Gasteiger partial charge in [0.05, 0.1) is 0 Å². The molecule has 0 amide bonds. The Morgan fingerprint density at radius 2 is 2.16 bits per heavy atom. The van der Waals surface area contributed by atoms with Crippen LogP contribution in [0.2, 0.25) is 0 Å². The summed E-state index contributed by atoms with van der Waals surface area (Å²) >= 11 is 3.39. The average Bonchev–Trinajstić information content (AvgIpc) is 2.80. The monoisotopic (exact) mass is 323 g/mol. The molecule has 0 atom stereocenters. The van der Waals surface area contributed by atoms with Gasteiger partial charge in [-0.05, 0) is 63.3 Å². The van der Waals surface area contributed by atoms with Crippen LogP contribution in [0.5, 0.6) is 0 Å². The first-order valence-corrected chi connectivity index (χ1v) is 7.19. The Kier molecular flexibility index (Phi) is 4.52. The van der Waals surface area contributed by atoms with Gasteiger partial charge in [-0.1, -0.05) is 13.8 Å². The molecule has 2 rings (SSSR count). The van der Waals surface area contributed by atoms with E-state index < -0.39 is 0 Å². The van der Waals surface area contributed by atoms with Gasteiger partial charge in [-0.3, -0.25) is 0 Å². The van der Waals surface area contributed by atoms with E-state index in [2.05, 4.69) is 45.3 Å². The number of hydrogen-bond donors (Lipinski definition) is 1. The average molecular weight is 324 g/mol. The highest BCUT2D eigenvalue weighted by Crippen LogP contribution is 2.25. The Balaban J connectivity index is 2.16. The molecule has 19 heavy (non-hydrogen) atoms. The molecule has 1 aromatic carbocycles. The topological polar surface area (TPSA) is 69.6 Å². The number of anilines is 1. The highest BCUT2D eigenvalue weighted by Gasteiger charge is 2.10. The van der Waals surface area contributed by atoms with Crippen LogP contribution >= 0.6 is 15.9 Å². The summed E-state index contributed by atoms with van der Waals surface area (Å²) in [6.07, 6.45) is 2.24. The van der Waals surface area contributed by atoms with Crippen molar-refractivity contribution in [3.05, 3.63) is 22.7 Å². The summed E-state index contributed by atoms with van der Waals surface area (Å²) in [4.78, 5) is 0. The molecule has 2 N–H and O–H groups in total. The summed E-state index contributed by atoms with van der Waals surface area (Å²) in [5, 5.41) is 11.9. The predicted octanol–water partition coefficient (Wildman–Crippen LogP) is 3.12. The molecule has 2 aromatic rings. The van der Waals surface area contributed by atoms with E-state index in [4.69, 9.17) is 5.73 Å². The molecule has 0 aliphatic carbocycles. The molecule has 102 valence electrons. The van der Waals surface area contributed by atoms with Crippen LogP contribution in [-0.4, -0.2) is 20.2 Å². The Hall–Kier alpha value is -1.43. The van der Waals surface area contributed by atoms with Gasteiger partial charge in [0.15, 0.2) is 5.82 Å². The maximum absolute atomic E-state index is 5.89. The lowest BCUT2D eigenvalue weighted by Gasteiger charge is -2.07. The molecule has 0 aliphatic rings. The van der Waals surface area contributed by atoms with E-state index in [1.165, 1.54) is 6.42 Å². The maximum atomic E-state index is 5.89. The van der Waals surface area contributed by atoms with Crippen LogP contribution in [0.25, 0.3) is 11.4 Å². The SMILES string of the molecule is CC(C)CCCn1nnnc1-c1ccc(Br)c(N)c1. The summed E-state index contributed by atoms with van der Waals surface area (Å²) in [5.74, 6) is 1.46. The molecular weight excluding hydrogens is 306 g/mol. The number of benzene rings is 1. The molecule has 1 heterocycles. The van der Waals surface area contributed by atoms with Crippen molar-refractivity contribution in [2.75, 3.05) is 5.73 Å². The van der Waals surface area contributed by atoms with E-state index in [1.54, 1.807) is 0 Å². The van der Waals surface area contributed by atoms with Gasteiger partial charge in [-0.2, -0.15) is 0 Å². The van der Waals surface area contributed by atoms with Gasteiger partial charge in [-0.25, -0.2) is 4.68 Å². The van der Waals surface area contributed by atoms with E-state index in [0.29, 0.717) is 11.6 Å². The first-order valence-electron chi connectivity index (χ1n) is 6.39. The standard InChI is InChI=1S/C13H18BrN5/c1-9(2)4-3-7-19-13(16-17-18-19)10-5-6-11(14)12(15)8-10/h5-6,8-9H,3-4,7,15H2,1-2H3. The van der Waals surface area contributed by atoms with Crippen LogP contribution in [0.15, 0.2) is 22.7 Å². The summed E-state index contributed by atoms with van der Waals surface area (Å²) in [7, 11) is 0. The van der Waals surface area contributed by atoms with Gasteiger partial charge in [0.2, 0.25) is 0 Å². The van der Waals surface area contributed by atoms with Gasteiger partial charge < -0.3 is 5.73 Å². The lowest BCUT2D eigenvalue weighted by Crippen LogP contribution is -2.04. The quantitative estimate of drug-likeness (QED) is 0.858. The fourth-order valence-electron chi connectivity index (χ4n) is 1.89. The molecule has 0 saturated heterocycles. The summed E-state index contributed by atoms with van der Waals surface area (Å²) in [6, 6.07) is 5.76. The molecule has 0 fully saturated rings. The number of halogens is 1. The molecule has 6 heteroatoms. The van der Waals surface area contributed by atoms with Gasteiger partial charge in [0.25, 0.3) is 0 Å². The normalized spacial score (nSPS) is 11.2. The number of nitrogen functional groups attached to an aromatic ring is 1. The van der Waals surface area contributed by atoms with Crippen molar-refractivity contribution in [3.8, 4) is 11.4 Å². The molecule has 0 aliphatic heterocycles. The van der Waals surface area contributed by atoms with Gasteiger partial charge in [0, 0.05) is 22.3 Å². The second-order valence-electron chi connectivity index (χ2n) is 5.00. The lowest BCUT2D eigenvalue weighted by molar-refractivity contribution is 0.485. The van der Waals surface area contributed by atoms with Crippen LogP contribution in [0.1, 0.15) is 26.7 Å². The van der Waals surface area contributed by atoms with E-state index in [9.17, 15) is 0 Å². The minimum absolute atomic E-state index is 0.689. The summed E-state index contributed by atoms with van der Waals surface area (Å²) in [6.45, 7) is 5.27. The number of hydrogen-bond acceptors (Lipinski definition) is 4. The van der Waals surface area contributed by atoms with E-state index in [-0.39, 0.29) is 0 Å². The fourth-order valence-corrected chi connectivity index (χ4v) is 2.14. The van der Waals surface area contributed by atoms with Crippen molar-refractivity contribution in [3.63, 3.8) is 0 Å².